The van der Waals surface area contributed by atoms with Gasteiger partial charge in [0.2, 0.25) is 0 Å². The smallest absolute Gasteiger partial charge is 0.164 e. The molecule has 0 bridgehead atoms. The van der Waals surface area contributed by atoms with Crippen LogP contribution in [-0.4, -0.2) is 15.0 Å². The number of allylic oxidation sites excluding steroid dienone is 4. The molecule has 3 heterocycles. The van der Waals surface area contributed by atoms with Crippen LogP contribution in [0.2, 0.25) is 0 Å². The number of fused-ring (bicyclic) bond motifs is 7. The summed E-state index contributed by atoms with van der Waals surface area (Å²) in [5, 5.41) is 6.53. The van der Waals surface area contributed by atoms with Crippen LogP contribution in [-0.2, 0) is 0 Å². The summed E-state index contributed by atoms with van der Waals surface area (Å²) in [7, 11) is 0. The molecule has 1 aliphatic rings. The Bertz CT molecular complexity index is 3170. The lowest BCUT2D eigenvalue weighted by molar-refractivity contribution is 0.669. The number of hydrogen-bond donors (Lipinski definition) is 0. The van der Waals surface area contributed by atoms with E-state index in [9.17, 15) is 0 Å². The lowest BCUT2D eigenvalue weighted by atomic mass is 9.93. The highest BCUT2D eigenvalue weighted by Crippen LogP contribution is 2.40. The molecule has 7 aromatic carbocycles. The lowest BCUT2D eigenvalue weighted by Gasteiger charge is -2.16. The van der Waals surface area contributed by atoms with E-state index in [0.717, 1.165) is 89.9 Å². The fourth-order valence-corrected chi connectivity index (χ4v) is 7.91. The summed E-state index contributed by atoms with van der Waals surface area (Å²) < 4.78 is 12.7. The van der Waals surface area contributed by atoms with Gasteiger partial charge in [-0.1, -0.05) is 121 Å². The molecule has 0 N–H and O–H groups in total. The molecule has 0 unspecified atom stereocenters. The van der Waals surface area contributed by atoms with Crippen LogP contribution in [0.1, 0.15) is 24.2 Å². The van der Waals surface area contributed by atoms with Gasteiger partial charge in [-0.25, -0.2) is 15.0 Å². The Morgan fingerprint density at radius 1 is 0.370 bits per heavy atom. The molecule has 0 atom stereocenters. The Kier molecular flexibility index (Phi) is 6.92. The van der Waals surface area contributed by atoms with Crippen molar-refractivity contribution < 1.29 is 8.83 Å². The van der Waals surface area contributed by atoms with Crippen molar-refractivity contribution in [2.24, 2.45) is 0 Å². The van der Waals surface area contributed by atoms with E-state index in [4.69, 9.17) is 23.8 Å². The van der Waals surface area contributed by atoms with Crippen LogP contribution in [0, 0.1) is 0 Å². The molecule has 11 rings (SSSR count). The van der Waals surface area contributed by atoms with E-state index < -0.39 is 0 Å². The molecule has 254 valence electrons. The highest BCUT2D eigenvalue weighted by atomic mass is 16.3. The van der Waals surface area contributed by atoms with Crippen molar-refractivity contribution in [2.45, 2.75) is 12.8 Å². The Morgan fingerprint density at radius 2 is 1.06 bits per heavy atom. The van der Waals surface area contributed by atoms with Crippen LogP contribution in [0.4, 0.5) is 0 Å². The minimum Gasteiger partial charge on any atom is -0.456 e. The quantitative estimate of drug-likeness (QED) is 0.179. The number of benzene rings is 7. The molecule has 0 spiro atoms. The molecule has 0 saturated carbocycles. The van der Waals surface area contributed by atoms with Crippen molar-refractivity contribution >= 4 is 65.8 Å². The monoisotopic (exact) mass is 693 g/mol. The van der Waals surface area contributed by atoms with Gasteiger partial charge in [-0.3, -0.25) is 0 Å². The van der Waals surface area contributed by atoms with E-state index in [1.807, 2.05) is 30.3 Å². The summed E-state index contributed by atoms with van der Waals surface area (Å²) in [6.07, 6.45) is 6.13. The molecule has 0 saturated heterocycles. The standard InChI is InChI=1S/C49H31N3O2/c1-2-9-30(10-3-1)32-17-20-33(21-18-32)47-50-48(37-22-19-31-11-4-5-12-34(31)27-37)52-49(51-47)40-14-8-16-44-46(40)39-25-23-36(29-45(39)54-44)35-24-26-43-41(28-35)38-13-6-7-15-42(38)53-43/h1-17,19-20,22-29H,18,21H2. The number of para-hydroxylation sites is 1. The Morgan fingerprint density at radius 3 is 1.96 bits per heavy atom. The van der Waals surface area contributed by atoms with Crippen LogP contribution < -0.4 is 0 Å². The molecule has 5 nitrogen and oxygen atoms in total. The lowest BCUT2D eigenvalue weighted by Crippen LogP contribution is -2.04. The molecular weight excluding hydrogens is 663 g/mol. The summed E-state index contributed by atoms with van der Waals surface area (Å²) >= 11 is 0. The van der Waals surface area contributed by atoms with Crippen molar-refractivity contribution in [2.75, 3.05) is 0 Å². The van der Waals surface area contributed by atoms with Crippen molar-refractivity contribution in [3.05, 3.63) is 175 Å². The second kappa shape index (κ2) is 12.2. The highest BCUT2D eigenvalue weighted by molar-refractivity contribution is 6.13. The first-order chi connectivity index (χ1) is 26.7. The van der Waals surface area contributed by atoms with Crippen LogP contribution in [0.25, 0.3) is 99.7 Å². The van der Waals surface area contributed by atoms with E-state index in [2.05, 4.69) is 133 Å². The maximum atomic E-state index is 6.57. The predicted molar refractivity (Wildman–Crippen MR) is 220 cm³/mol. The van der Waals surface area contributed by atoms with Crippen LogP contribution in [0.15, 0.2) is 173 Å². The third kappa shape index (κ3) is 5.13. The second-order valence-corrected chi connectivity index (χ2v) is 13.9. The maximum Gasteiger partial charge on any atom is 0.164 e. The van der Waals surface area contributed by atoms with Crippen LogP contribution in [0.5, 0.6) is 0 Å². The second-order valence-electron chi connectivity index (χ2n) is 13.9. The topological polar surface area (TPSA) is 65.0 Å². The van der Waals surface area contributed by atoms with Gasteiger partial charge in [0.15, 0.2) is 17.5 Å². The summed E-state index contributed by atoms with van der Waals surface area (Å²) in [6, 6.07) is 52.5. The summed E-state index contributed by atoms with van der Waals surface area (Å²) in [5.41, 5.74) is 11.1. The fraction of sp³-hybridized carbons (Fsp3) is 0.0408. The molecule has 0 fully saturated rings. The highest BCUT2D eigenvalue weighted by Gasteiger charge is 2.20. The Balaban J connectivity index is 1.05. The molecule has 10 aromatic rings. The van der Waals surface area contributed by atoms with Gasteiger partial charge in [-0.2, -0.15) is 0 Å². The van der Waals surface area contributed by atoms with Gasteiger partial charge in [-0.05, 0) is 93.9 Å². The number of furan rings is 2. The van der Waals surface area contributed by atoms with E-state index in [1.165, 1.54) is 16.5 Å². The first-order valence-electron chi connectivity index (χ1n) is 18.3. The maximum absolute atomic E-state index is 6.57. The summed E-state index contributed by atoms with van der Waals surface area (Å²) in [4.78, 5) is 15.5. The Hall–Kier alpha value is -7.11. The molecular formula is C49H31N3O2. The van der Waals surface area contributed by atoms with Crippen molar-refractivity contribution in [3.63, 3.8) is 0 Å². The number of rotatable bonds is 5. The van der Waals surface area contributed by atoms with Gasteiger partial charge >= 0.3 is 0 Å². The van der Waals surface area contributed by atoms with Gasteiger partial charge < -0.3 is 8.83 Å². The fourth-order valence-electron chi connectivity index (χ4n) is 7.91. The number of aromatic nitrogens is 3. The molecule has 1 aliphatic carbocycles. The third-order valence-electron chi connectivity index (χ3n) is 10.7. The molecule has 5 heteroatoms. The average Bonchev–Trinajstić information content (AvgIpc) is 3.81. The van der Waals surface area contributed by atoms with E-state index in [0.29, 0.717) is 17.5 Å². The average molecular weight is 694 g/mol. The van der Waals surface area contributed by atoms with Gasteiger partial charge in [0, 0.05) is 32.7 Å². The zero-order valence-electron chi connectivity index (χ0n) is 29.2. The van der Waals surface area contributed by atoms with Gasteiger partial charge in [0.05, 0.1) is 0 Å². The molecule has 0 amide bonds. The first-order valence-corrected chi connectivity index (χ1v) is 18.3. The predicted octanol–water partition coefficient (Wildman–Crippen LogP) is 13.1. The van der Waals surface area contributed by atoms with Gasteiger partial charge in [-0.15, -0.1) is 0 Å². The SMILES string of the molecule is C1=C(c2ccccc2)CCC(c2nc(-c3ccc4ccccc4c3)nc(-c3cccc4oc5cc(-c6ccc7oc8ccccc8c7c6)ccc5c34)n2)=C1. The largest absolute Gasteiger partial charge is 0.456 e. The minimum atomic E-state index is 0.622. The minimum absolute atomic E-state index is 0.622. The normalized spacial score (nSPS) is 13.3. The van der Waals surface area contributed by atoms with Crippen molar-refractivity contribution in [1.82, 2.24) is 15.0 Å². The summed E-state index contributed by atoms with van der Waals surface area (Å²) in [6.45, 7) is 0. The van der Waals surface area contributed by atoms with Crippen molar-refractivity contribution in [3.8, 4) is 33.9 Å². The Labute approximate surface area is 310 Å². The molecule has 3 aromatic heterocycles. The van der Waals surface area contributed by atoms with E-state index in [-0.39, 0.29) is 0 Å². The van der Waals surface area contributed by atoms with E-state index in [1.54, 1.807) is 0 Å². The third-order valence-corrected chi connectivity index (χ3v) is 10.7. The van der Waals surface area contributed by atoms with Gasteiger partial charge in [0.1, 0.15) is 22.3 Å². The van der Waals surface area contributed by atoms with Crippen molar-refractivity contribution in [1.29, 1.82) is 0 Å². The molecule has 0 radical (unpaired) electrons. The van der Waals surface area contributed by atoms with Crippen LogP contribution >= 0.6 is 0 Å². The zero-order chi connectivity index (χ0) is 35.6. The number of hydrogen-bond acceptors (Lipinski definition) is 5. The molecule has 54 heavy (non-hydrogen) atoms. The summed E-state index contributed by atoms with van der Waals surface area (Å²) in [5.74, 6) is 1.96. The van der Waals surface area contributed by atoms with Crippen LogP contribution in [0.3, 0.4) is 0 Å². The number of nitrogens with zero attached hydrogens (tertiary/aromatic N) is 3. The first kappa shape index (κ1) is 30.5. The van der Waals surface area contributed by atoms with E-state index >= 15 is 0 Å². The van der Waals surface area contributed by atoms with Gasteiger partial charge in [0.25, 0.3) is 0 Å². The molecule has 0 aliphatic heterocycles. The zero-order valence-corrected chi connectivity index (χ0v) is 29.2.